The number of benzene rings is 7. The van der Waals surface area contributed by atoms with E-state index >= 15 is 0 Å². The second kappa shape index (κ2) is 10.5. The summed E-state index contributed by atoms with van der Waals surface area (Å²) < 4.78 is 6.08. The van der Waals surface area contributed by atoms with E-state index < -0.39 is 0 Å². The third-order valence-electron chi connectivity index (χ3n) is 9.21. The molecule has 7 aromatic carbocycles. The Bertz CT molecular complexity index is 2280. The molecule has 8 aromatic rings. The van der Waals surface area contributed by atoms with Gasteiger partial charge in [0.05, 0.1) is 22.7 Å². The van der Waals surface area contributed by atoms with Crippen LogP contribution >= 0.6 is 0 Å². The molecule has 0 atom stereocenters. The summed E-state index contributed by atoms with van der Waals surface area (Å²) in [6.07, 6.45) is 0. The standard InChI is InChI=1S/C43H30N2O/c1-44-40-27-33(29-10-4-2-5-11-29)18-23-38(40)45(39-24-19-34(28-41(39)44)30-12-6-3-7-13-30)35-21-16-31(17-22-35)32-20-25-43-37(26-32)36-14-8-9-15-42(36)46-43/h2-28H,1H3. The monoisotopic (exact) mass is 590 g/mol. The van der Waals surface area contributed by atoms with Crippen LogP contribution in [0.15, 0.2) is 168 Å². The highest BCUT2D eigenvalue weighted by atomic mass is 16.3. The Morgan fingerprint density at radius 3 is 1.48 bits per heavy atom. The molecular formula is C43H30N2O. The first-order chi connectivity index (χ1) is 22.7. The molecular weight excluding hydrogens is 560 g/mol. The van der Waals surface area contributed by atoms with Crippen molar-refractivity contribution in [2.45, 2.75) is 0 Å². The Labute approximate surface area is 268 Å². The first-order valence-electron chi connectivity index (χ1n) is 15.7. The molecule has 2 heterocycles. The molecule has 9 rings (SSSR count). The van der Waals surface area contributed by atoms with Gasteiger partial charge in [0.1, 0.15) is 11.2 Å². The Morgan fingerprint density at radius 2 is 0.848 bits per heavy atom. The van der Waals surface area contributed by atoms with Crippen molar-refractivity contribution in [3.63, 3.8) is 0 Å². The third-order valence-corrected chi connectivity index (χ3v) is 9.21. The van der Waals surface area contributed by atoms with E-state index in [4.69, 9.17) is 4.42 Å². The molecule has 0 saturated heterocycles. The van der Waals surface area contributed by atoms with Crippen molar-refractivity contribution in [3.8, 4) is 33.4 Å². The van der Waals surface area contributed by atoms with Gasteiger partial charge in [0.15, 0.2) is 0 Å². The zero-order chi connectivity index (χ0) is 30.6. The fourth-order valence-corrected chi connectivity index (χ4v) is 6.83. The number of fused-ring (bicyclic) bond motifs is 5. The first-order valence-corrected chi connectivity index (χ1v) is 15.7. The maximum Gasteiger partial charge on any atom is 0.135 e. The molecule has 1 aliphatic heterocycles. The van der Waals surface area contributed by atoms with Gasteiger partial charge < -0.3 is 14.2 Å². The summed E-state index contributed by atoms with van der Waals surface area (Å²) in [5, 5.41) is 2.29. The van der Waals surface area contributed by atoms with Gasteiger partial charge in [-0.15, -0.1) is 0 Å². The molecule has 1 aromatic heterocycles. The minimum Gasteiger partial charge on any atom is -0.456 e. The molecule has 218 valence electrons. The van der Waals surface area contributed by atoms with Crippen molar-refractivity contribution < 1.29 is 4.42 Å². The van der Waals surface area contributed by atoms with E-state index in [0.29, 0.717) is 0 Å². The predicted molar refractivity (Wildman–Crippen MR) is 193 cm³/mol. The first kappa shape index (κ1) is 26.4. The lowest BCUT2D eigenvalue weighted by molar-refractivity contribution is 0.669. The Hall–Kier alpha value is -6.06. The van der Waals surface area contributed by atoms with Crippen molar-refractivity contribution in [2.75, 3.05) is 16.8 Å². The molecule has 46 heavy (non-hydrogen) atoms. The summed E-state index contributed by atoms with van der Waals surface area (Å²) in [7, 11) is 2.18. The van der Waals surface area contributed by atoms with Crippen LogP contribution in [0.25, 0.3) is 55.3 Å². The lowest BCUT2D eigenvalue weighted by Crippen LogP contribution is -2.24. The van der Waals surface area contributed by atoms with E-state index in [1.807, 2.05) is 12.1 Å². The second-order valence-electron chi connectivity index (χ2n) is 11.9. The number of rotatable bonds is 4. The SMILES string of the molecule is CN1c2cc(-c3ccccc3)ccc2N(c2ccc(-c3ccc4oc5ccccc5c4c3)cc2)c2ccc(-c3ccccc3)cc21. The van der Waals surface area contributed by atoms with Crippen LogP contribution in [0.2, 0.25) is 0 Å². The van der Waals surface area contributed by atoms with E-state index in [9.17, 15) is 0 Å². The van der Waals surface area contributed by atoms with Crippen LogP contribution < -0.4 is 9.80 Å². The minimum atomic E-state index is 0.914. The van der Waals surface area contributed by atoms with Crippen molar-refractivity contribution in [1.82, 2.24) is 0 Å². The van der Waals surface area contributed by atoms with E-state index in [2.05, 4.69) is 169 Å². The molecule has 3 heteroatoms. The predicted octanol–water partition coefficient (Wildman–Crippen LogP) is 12.1. The number of anilines is 5. The van der Waals surface area contributed by atoms with Crippen LogP contribution in [0, 0.1) is 0 Å². The van der Waals surface area contributed by atoms with E-state index in [-0.39, 0.29) is 0 Å². The van der Waals surface area contributed by atoms with Crippen LogP contribution in [-0.2, 0) is 0 Å². The van der Waals surface area contributed by atoms with Crippen LogP contribution in [0.3, 0.4) is 0 Å². The average molecular weight is 591 g/mol. The number of para-hydroxylation sites is 1. The molecule has 0 amide bonds. The minimum absolute atomic E-state index is 0.914. The highest BCUT2D eigenvalue weighted by Gasteiger charge is 2.28. The Balaban J connectivity index is 1.16. The summed E-state index contributed by atoms with van der Waals surface area (Å²) in [5.74, 6) is 0. The zero-order valence-corrected chi connectivity index (χ0v) is 25.4. The smallest absolute Gasteiger partial charge is 0.135 e. The maximum absolute atomic E-state index is 6.08. The van der Waals surface area contributed by atoms with Crippen molar-refractivity contribution in [2.24, 2.45) is 0 Å². The topological polar surface area (TPSA) is 19.6 Å². The van der Waals surface area contributed by atoms with Gasteiger partial charge in [0.2, 0.25) is 0 Å². The van der Waals surface area contributed by atoms with Crippen LogP contribution in [0.1, 0.15) is 0 Å². The second-order valence-corrected chi connectivity index (χ2v) is 11.9. The molecule has 0 unspecified atom stereocenters. The third kappa shape index (κ3) is 4.28. The van der Waals surface area contributed by atoms with Gasteiger partial charge >= 0.3 is 0 Å². The van der Waals surface area contributed by atoms with Crippen LogP contribution in [-0.4, -0.2) is 7.05 Å². The van der Waals surface area contributed by atoms with Gasteiger partial charge in [-0.05, 0) is 88.0 Å². The van der Waals surface area contributed by atoms with Gasteiger partial charge in [-0.25, -0.2) is 0 Å². The quantitative estimate of drug-likeness (QED) is 0.203. The van der Waals surface area contributed by atoms with Gasteiger partial charge in [0, 0.05) is 23.5 Å². The van der Waals surface area contributed by atoms with E-state index in [1.165, 1.54) is 44.8 Å². The molecule has 1 aliphatic rings. The van der Waals surface area contributed by atoms with Gasteiger partial charge in [0.25, 0.3) is 0 Å². The number of hydrogen-bond acceptors (Lipinski definition) is 3. The lowest BCUT2D eigenvalue weighted by Gasteiger charge is -2.39. The van der Waals surface area contributed by atoms with Crippen molar-refractivity contribution in [1.29, 1.82) is 0 Å². The molecule has 0 aliphatic carbocycles. The molecule has 0 N–H and O–H groups in total. The molecule has 0 radical (unpaired) electrons. The number of hydrogen-bond donors (Lipinski definition) is 0. The van der Waals surface area contributed by atoms with Crippen LogP contribution in [0.4, 0.5) is 28.4 Å². The largest absolute Gasteiger partial charge is 0.456 e. The molecule has 0 bridgehead atoms. The Kier molecular flexibility index (Phi) is 6.04. The van der Waals surface area contributed by atoms with E-state index in [1.54, 1.807) is 0 Å². The molecule has 3 nitrogen and oxygen atoms in total. The van der Waals surface area contributed by atoms with Gasteiger partial charge in [-0.1, -0.05) is 109 Å². The molecule has 0 spiro atoms. The van der Waals surface area contributed by atoms with Crippen LogP contribution in [0.5, 0.6) is 0 Å². The highest BCUT2D eigenvalue weighted by molar-refractivity contribution is 6.06. The molecule has 0 fully saturated rings. The van der Waals surface area contributed by atoms with Crippen molar-refractivity contribution >= 4 is 50.4 Å². The van der Waals surface area contributed by atoms with Crippen molar-refractivity contribution in [3.05, 3.63) is 164 Å². The maximum atomic E-state index is 6.08. The summed E-state index contributed by atoms with van der Waals surface area (Å²) in [5.41, 5.74) is 14.8. The fraction of sp³-hybridized carbons (Fsp3) is 0.0233. The van der Waals surface area contributed by atoms with Gasteiger partial charge in [-0.3, -0.25) is 0 Å². The average Bonchev–Trinajstić information content (AvgIpc) is 3.50. The number of furan rings is 1. The summed E-state index contributed by atoms with van der Waals surface area (Å²) in [6, 6.07) is 58.5. The zero-order valence-electron chi connectivity index (χ0n) is 25.4. The summed E-state index contributed by atoms with van der Waals surface area (Å²) >= 11 is 0. The molecule has 0 saturated carbocycles. The van der Waals surface area contributed by atoms with E-state index in [0.717, 1.165) is 39.0 Å². The lowest BCUT2D eigenvalue weighted by atomic mass is 9.97. The Morgan fingerprint density at radius 1 is 0.370 bits per heavy atom. The summed E-state index contributed by atoms with van der Waals surface area (Å²) in [4.78, 5) is 4.73. The highest BCUT2D eigenvalue weighted by Crippen LogP contribution is 2.52. The normalized spacial score (nSPS) is 12.4. The van der Waals surface area contributed by atoms with Gasteiger partial charge in [-0.2, -0.15) is 0 Å². The number of nitrogens with zero attached hydrogens (tertiary/aromatic N) is 2. The summed E-state index contributed by atoms with van der Waals surface area (Å²) in [6.45, 7) is 0. The fourth-order valence-electron chi connectivity index (χ4n) is 6.83.